The van der Waals surface area contributed by atoms with E-state index in [1.165, 1.54) is 6.42 Å². The quantitative estimate of drug-likeness (QED) is 0.708. The fraction of sp³-hybridized carbons (Fsp3) is 0.913. The Morgan fingerprint density at radius 1 is 0.897 bits per heavy atom. The minimum atomic E-state index is -0.161. The molecule has 5 aliphatic rings. The molecule has 0 unspecified atom stereocenters. The van der Waals surface area contributed by atoms with Crippen molar-refractivity contribution in [3.05, 3.63) is 0 Å². The maximum Gasteiger partial charge on any atom is 0.230 e. The van der Waals surface area contributed by atoms with Crippen molar-refractivity contribution in [3.8, 4) is 0 Å². The Balaban J connectivity index is 1.29. The minimum Gasteiger partial charge on any atom is -0.381 e. The van der Waals surface area contributed by atoms with Crippen molar-refractivity contribution >= 4 is 11.8 Å². The first-order chi connectivity index (χ1) is 14.0. The summed E-state index contributed by atoms with van der Waals surface area (Å²) in [5.41, 5.74) is 0.0958. The maximum atomic E-state index is 13.6. The number of rotatable bonds is 2. The molecule has 0 aromatic heterocycles. The Labute approximate surface area is 174 Å². The number of ether oxygens (including phenoxy) is 1. The molecule has 6 nitrogen and oxygen atoms in total. The first-order valence-corrected chi connectivity index (χ1v) is 11.9. The van der Waals surface area contributed by atoms with Gasteiger partial charge in [-0.1, -0.05) is 0 Å². The van der Waals surface area contributed by atoms with Gasteiger partial charge in [0.15, 0.2) is 0 Å². The molecule has 4 heterocycles. The fourth-order valence-corrected chi connectivity index (χ4v) is 7.35. The third-order valence-corrected chi connectivity index (χ3v) is 8.98. The van der Waals surface area contributed by atoms with Gasteiger partial charge in [0.1, 0.15) is 0 Å². The molecule has 162 valence electrons. The van der Waals surface area contributed by atoms with Crippen molar-refractivity contribution in [2.45, 2.75) is 51.4 Å². The zero-order valence-corrected chi connectivity index (χ0v) is 18.0. The summed E-state index contributed by atoms with van der Waals surface area (Å²) >= 11 is 0. The highest BCUT2D eigenvalue weighted by Gasteiger charge is 2.64. The lowest BCUT2D eigenvalue weighted by Crippen LogP contribution is -2.51. The van der Waals surface area contributed by atoms with E-state index >= 15 is 0 Å². The van der Waals surface area contributed by atoms with Gasteiger partial charge in [0, 0.05) is 58.4 Å². The second kappa shape index (κ2) is 7.52. The highest BCUT2D eigenvalue weighted by atomic mass is 16.5. The summed E-state index contributed by atoms with van der Waals surface area (Å²) in [7, 11) is 2.19. The highest BCUT2D eigenvalue weighted by Crippen LogP contribution is 2.62. The number of hydrogen-bond acceptors (Lipinski definition) is 4. The number of carbonyl (C=O) groups excluding carboxylic acids is 2. The van der Waals surface area contributed by atoms with Crippen molar-refractivity contribution < 1.29 is 14.3 Å². The number of amides is 2. The second-order valence-corrected chi connectivity index (χ2v) is 10.5. The molecule has 2 amide bonds. The number of carbonyl (C=O) groups is 2. The van der Waals surface area contributed by atoms with Crippen LogP contribution in [0.2, 0.25) is 0 Å². The lowest BCUT2D eigenvalue weighted by molar-refractivity contribution is -0.145. The van der Waals surface area contributed by atoms with Crippen molar-refractivity contribution in [1.82, 2.24) is 14.7 Å². The van der Waals surface area contributed by atoms with Gasteiger partial charge in [0.25, 0.3) is 0 Å². The van der Waals surface area contributed by atoms with E-state index in [9.17, 15) is 9.59 Å². The number of nitrogens with zero attached hydrogens (tertiary/aromatic N) is 3. The molecule has 5 rings (SSSR count). The van der Waals surface area contributed by atoms with Crippen molar-refractivity contribution in [2.75, 3.05) is 59.5 Å². The smallest absolute Gasteiger partial charge is 0.230 e. The molecule has 29 heavy (non-hydrogen) atoms. The molecule has 1 saturated carbocycles. The van der Waals surface area contributed by atoms with Gasteiger partial charge in [0.2, 0.25) is 11.8 Å². The molecule has 5 fully saturated rings. The van der Waals surface area contributed by atoms with Crippen molar-refractivity contribution in [2.24, 2.45) is 22.7 Å². The Kier molecular flexibility index (Phi) is 5.14. The lowest BCUT2D eigenvalue weighted by atomic mass is 9.65. The number of hydrogen-bond donors (Lipinski definition) is 0. The van der Waals surface area contributed by atoms with E-state index in [1.807, 2.05) is 0 Å². The molecule has 2 atom stereocenters. The van der Waals surface area contributed by atoms with E-state index in [0.717, 1.165) is 97.4 Å². The Morgan fingerprint density at radius 3 is 2.28 bits per heavy atom. The summed E-state index contributed by atoms with van der Waals surface area (Å²) in [6, 6.07) is 0. The summed E-state index contributed by atoms with van der Waals surface area (Å²) in [5, 5.41) is 0. The van der Waals surface area contributed by atoms with Crippen LogP contribution in [0.15, 0.2) is 0 Å². The van der Waals surface area contributed by atoms with Crippen LogP contribution in [0.1, 0.15) is 51.4 Å². The van der Waals surface area contributed by atoms with Crippen LogP contribution in [-0.4, -0.2) is 86.0 Å². The number of fused-ring (bicyclic) bond motifs is 2. The van der Waals surface area contributed by atoms with E-state index in [4.69, 9.17) is 4.74 Å². The largest absolute Gasteiger partial charge is 0.381 e. The van der Waals surface area contributed by atoms with Gasteiger partial charge in [-0.2, -0.15) is 0 Å². The Morgan fingerprint density at radius 2 is 1.59 bits per heavy atom. The predicted octanol–water partition coefficient (Wildman–Crippen LogP) is 1.99. The molecule has 4 saturated heterocycles. The van der Waals surface area contributed by atoms with Crippen LogP contribution in [-0.2, 0) is 14.3 Å². The first kappa shape index (κ1) is 19.8. The van der Waals surface area contributed by atoms with Gasteiger partial charge in [-0.3, -0.25) is 9.59 Å². The van der Waals surface area contributed by atoms with Gasteiger partial charge in [-0.25, -0.2) is 0 Å². The third kappa shape index (κ3) is 3.21. The average Bonchev–Trinajstić information content (AvgIpc) is 3.46. The Bertz CT molecular complexity index is 648. The van der Waals surface area contributed by atoms with E-state index in [1.54, 1.807) is 0 Å². The normalized spacial score (nSPS) is 35.4. The van der Waals surface area contributed by atoms with Crippen molar-refractivity contribution in [1.29, 1.82) is 0 Å². The molecule has 1 aliphatic carbocycles. The van der Waals surface area contributed by atoms with Crippen LogP contribution in [0.5, 0.6) is 0 Å². The van der Waals surface area contributed by atoms with Crippen LogP contribution in [0, 0.1) is 22.7 Å². The summed E-state index contributed by atoms with van der Waals surface area (Å²) in [4.78, 5) is 33.3. The van der Waals surface area contributed by atoms with Crippen LogP contribution in [0.4, 0.5) is 0 Å². The van der Waals surface area contributed by atoms with E-state index in [0.29, 0.717) is 17.7 Å². The van der Waals surface area contributed by atoms with Gasteiger partial charge >= 0.3 is 0 Å². The van der Waals surface area contributed by atoms with E-state index in [2.05, 4.69) is 21.7 Å². The lowest BCUT2D eigenvalue weighted by Gasteiger charge is -2.45. The van der Waals surface area contributed by atoms with Gasteiger partial charge < -0.3 is 19.4 Å². The molecule has 1 spiro atoms. The molecule has 0 aromatic carbocycles. The zero-order chi connectivity index (χ0) is 20.1. The van der Waals surface area contributed by atoms with Crippen molar-refractivity contribution in [3.63, 3.8) is 0 Å². The SMILES string of the molecule is CN1C[C@@H]2C3(CCN(C(=O)C4CCOCC4)CC3)CC[C@]2(C(=O)N2CCCC2)C1. The fourth-order valence-electron chi connectivity index (χ4n) is 7.35. The number of likely N-dealkylation sites (tertiary alicyclic amines) is 3. The molecule has 0 N–H and O–H groups in total. The molecular weight excluding hydrogens is 366 g/mol. The minimum absolute atomic E-state index is 0.161. The molecule has 6 heteroatoms. The third-order valence-electron chi connectivity index (χ3n) is 8.98. The highest BCUT2D eigenvalue weighted by molar-refractivity contribution is 5.85. The van der Waals surface area contributed by atoms with Crippen LogP contribution >= 0.6 is 0 Å². The molecular formula is C23H37N3O3. The van der Waals surface area contributed by atoms with Crippen LogP contribution < -0.4 is 0 Å². The second-order valence-electron chi connectivity index (χ2n) is 10.5. The van der Waals surface area contributed by atoms with Gasteiger partial charge in [-0.15, -0.1) is 0 Å². The monoisotopic (exact) mass is 403 g/mol. The average molecular weight is 404 g/mol. The van der Waals surface area contributed by atoms with Crippen LogP contribution in [0.3, 0.4) is 0 Å². The molecule has 0 bridgehead atoms. The first-order valence-electron chi connectivity index (χ1n) is 11.9. The zero-order valence-electron chi connectivity index (χ0n) is 18.0. The summed E-state index contributed by atoms with van der Waals surface area (Å²) in [6.45, 7) is 7.10. The number of piperidine rings is 1. The molecule has 0 aromatic rings. The topological polar surface area (TPSA) is 53.1 Å². The molecule has 0 radical (unpaired) electrons. The van der Waals surface area contributed by atoms with E-state index < -0.39 is 0 Å². The Hall–Kier alpha value is -1.14. The maximum absolute atomic E-state index is 13.6. The van der Waals surface area contributed by atoms with Gasteiger partial charge in [-0.05, 0) is 69.7 Å². The van der Waals surface area contributed by atoms with E-state index in [-0.39, 0.29) is 16.7 Å². The summed E-state index contributed by atoms with van der Waals surface area (Å²) in [6.07, 6.45) is 8.46. The van der Waals surface area contributed by atoms with Gasteiger partial charge in [0.05, 0.1) is 5.41 Å². The standard InChI is InChI=1S/C23H37N3O3/c1-24-16-19-22(6-7-23(19,17-24)21(28)26-10-2-3-11-26)8-12-25(13-9-22)20(27)18-4-14-29-15-5-18/h18-19H,2-17H2,1H3/t19-,23+/m1/s1. The summed E-state index contributed by atoms with van der Waals surface area (Å²) in [5.74, 6) is 1.43. The molecule has 4 aliphatic heterocycles. The predicted molar refractivity (Wildman–Crippen MR) is 110 cm³/mol. The summed E-state index contributed by atoms with van der Waals surface area (Å²) < 4.78 is 5.44. The van der Waals surface area contributed by atoms with Crippen LogP contribution in [0.25, 0.3) is 0 Å².